The van der Waals surface area contributed by atoms with Gasteiger partial charge in [-0.25, -0.2) is 0 Å². The number of hydrogen-bond acceptors (Lipinski definition) is 4. The molecule has 6 nitrogen and oxygen atoms in total. The molecule has 6 rings (SSSR count). The summed E-state index contributed by atoms with van der Waals surface area (Å²) in [6, 6.07) is 17.5. The van der Waals surface area contributed by atoms with E-state index in [1.807, 2.05) is 17.8 Å². The number of hydrogen-bond donors (Lipinski definition) is 0. The number of pyridine rings is 1. The van der Waals surface area contributed by atoms with Crippen LogP contribution in [0, 0.1) is 0 Å². The summed E-state index contributed by atoms with van der Waals surface area (Å²) in [4.78, 5) is 3.87. The summed E-state index contributed by atoms with van der Waals surface area (Å²) < 4.78 is 15.8. The second-order valence-electron chi connectivity index (χ2n) is 12.3. The minimum Gasteiger partial charge on any atom is -0.370 e. The van der Waals surface area contributed by atoms with Crippen molar-refractivity contribution in [3.05, 3.63) is 70.3 Å². The van der Waals surface area contributed by atoms with E-state index in [0.29, 0.717) is 0 Å². The van der Waals surface area contributed by atoms with Crippen molar-refractivity contribution in [2.24, 2.45) is 0 Å². The van der Waals surface area contributed by atoms with E-state index in [1.165, 1.54) is 45.2 Å². The average molecular weight is 596 g/mol. The van der Waals surface area contributed by atoms with Crippen molar-refractivity contribution < 1.29 is 23.0 Å². The van der Waals surface area contributed by atoms with Crippen LogP contribution in [0.15, 0.2) is 64.7 Å². The maximum atomic E-state index is 6.54. The predicted molar refractivity (Wildman–Crippen MR) is 169 cm³/mol. The topological polar surface area (TPSA) is 25.6 Å². The first-order chi connectivity index (χ1) is 19.9. The van der Waals surface area contributed by atoms with Crippen LogP contribution in [0.4, 0.5) is 5.69 Å². The number of anilines is 1. The lowest BCUT2D eigenvalue weighted by atomic mass is 10.1. The normalized spacial score (nSPS) is 21.0. The summed E-state index contributed by atoms with van der Waals surface area (Å²) in [6.07, 6.45) is 6.92. The van der Waals surface area contributed by atoms with Gasteiger partial charge in [0, 0.05) is 35.0 Å². The zero-order valence-corrected chi connectivity index (χ0v) is 26.1. The lowest BCUT2D eigenvalue weighted by molar-refractivity contribution is -0.918. The number of halogens is 1. The van der Waals surface area contributed by atoms with Crippen LogP contribution in [0.5, 0.6) is 0 Å². The molecule has 0 amide bonds. The number of nitrogens with zero attached hydrogens (tertiary/aromatic N) is 4. The average Bonchev–Trinajstić information content (AvgIpc) is 3.31. The van der Waals surface area contributed by atoms with Gasteiger partial charge in [-0.3, -0.25) is 0 Å². The van der Waals surface area contributed by atoms with Crippen molar-refractivity contribution in [2.75, 3.05) is 91.2 Å². The molecule has 2 saturated heterocycles. The Morgan fingerprint density at radius 2 is 1.59 bits per heavy atom. The van der Waals surface area contributed by atoms with Crippen molar-refractivity contribution in [1.29, 1.82) is 0 Å². The third-order valence-corrected chi connectivity index (χ3v) is 10.6. The molecule has 0 bridgehead atoms. The number of benzene rings is 2. The van der Waals surface area contributed by atoms with E-state index in [1.54, 1.807) is 0 Å². The number of aromatic nitrogens is 1. The lowest BCUT2D eigenvalue weighted by Gasteiger charge is -2.38. The van der Waals surface area contributed by atoms with Crippen molar-refractivity contribution in [2.45, 2.75) is 24.3 Å². The van der Waals surface area contributed by atoms with Crippen LogP contribution >= 0.6 is 23.4 Å². The SMILES string of the molecule is C[N+]1(CCCN2/C(=C/c3cc[n+](CCC[N+]4(C)CCOCC4)c4cc(Cl)ccc34)Sc3ccccc32)CCOCC1. The number of aryl methyl sites for hydroxylation is 1. The molecule has 0 spiro atoms. The molecule has 0 saturated carbocycles. The summed E-state index contributed by atoms with van der Waals surface area (Å²) in [5.74, 6) is 0. The number of para-hydroxylation sites is 1. The van der Waals surface area contributed by atoms with E-state index in [2.05, 4.69) is 78.3 Å². The molecular weight excluding hydrogens is 552 g/mol. The number of morpholine rings is 2. The molecule has 3 aliphatic heterocycles. The molecule has 3 aromatic rings. The van der Waals surface area contributed by atoms with Crippen molar-refractivity contribution >= 4 is 46.0 Å². The Morgan fingerprint density at radius 3 is 2.32 bits per heavy atom. The second-order valence-corrected chi connectivity index (χ2v) is 13.8. The van der Waals surface area contributed by atoms with Gasteiger partial charge in [0.1, 0.15) is 26.2 Å². The maximum Gasteiger partial charge on any atom is 0.214 e. The molecule has 0 N–H and O–H groups in total. The molecule has 4 heterocycles. The number of rotatable bonds is 9. The molecule has 2 aromatic carbocycles. The van der Waals surface area contributed by atoms with Gasteiger partial charge < -0.3 is 23.3 Å². The highest BCUT2D eigenvalue weighted by molar-refractivity contribution is 8.03. The Balaban J connectivity index is 1.23. The van der Waals surface area contributed by atoms with Gasteiger partial charge in [0.15, 0.2) is 12.7 Å². The first-order valence-corrected chi connectivity index (χ1v) is 16.3. The van der Waals surface area contributed by atoms with Gasteiger partial charge in [-0.15, -0.1) is 0 Å². The van der Waals surface area contributed by atoms with Crippen LogP contribution in [0.2, 0.25) is 5.02 Å². The largest absolute Gasteiger partial charge is 0.370 e. The van der Waals surface area contributed by atoms with Crippen LogP contribution in [-0.2, 0) is 16.0 Å². The summed E-state index contributed by atoms with van der Waals surface area (Å²) in [7, 11) is 4.74. The summed E-state index contributed by atoms with van der Waals surface area (Å²) >= 11 is 8.43. The smallest absolute Gasteiger partial charge is 0.214 e. The van der Waals surface area contributed by atoms with E-state index in [0.717, 1.165) is 92.5 Å². The first kappa shape index (κ1) is 29.0. The van der Waals surface area contributed by atoms with Crippen LogP contribution in [0.25, 0.3) is 17.0 Å². The number of likely N-dealkylation sites (N-methyl/N-ethyl adjacent to an activating group) is 2. The van der Waals surface area contributed by atoms with Crippen molar-refractivity contribution in [1.82, 2.24) is 0 Å². The third kappa shape index (κ3) is 6.76. The first-order valence-electron chi connectivity index (χ1n) is 15.1. The Labute approximate surface area is 254 Å². The Bertz CT molecular complexity index is 1400. The van der Waals surface area contributed by atoms with Gasteiger partial charge in [0.2, 0.25) is 5.52 Å². The molecule has 0 radical (unpaired) electrons. The molecule has 3 aliphatic rings. The highest BCUT2D eigenvalue weighted by Crippen LogP contribution is 2.46. The molecule has 1 aromatic heterocycles. The lowest BCUT2D eigenvalue weighted by Crippen LogP contribution is -2.53. The van der Waals surface area contributed by atoms with Crippen molar-refractivity contribution in [3.8, 4) is 0 Å². The molecule has 0 unspecified atom stereocenters. The highest BCUT2D eigenvalue weighted by atomic mass is 35.5. The fraction of sp³-hybridized carbons (Fsp3) is 0.485. The molecular formula is C33H44ClN4O2S+3. The number of quaternary nitrogens is 2. The molecule has 2 fully saturated rings. The minimum atomic E-state index is 0.784. The van der Waals surface area contributed by atoms with Crippen LogP contribution < -0.4 is 9.47 Å². The van der Waals surface area contributed by atoms with E-state index in [9.17, 15) is 0 Å². The van der Waals surface area contributed by atoms with Crippen molar-refractivity contribution in [3.63, 3.8) is 0 Å². The molecule has 0 aliphatic carbocycles. The third-order valence-electron chi connectivity index (χ3n) is 9.21. The second kappa shape index (κ2) is 12.6. The van der Waals surface area contributed by atoms with Gasteiger partial charge in [-0.2, -0.15) is 4.57 Å². The van der Waals surface area contributed by atoms with Gasteiger partial charge in [0.25, 0.3) is 0 Å². The Morgan fingerprint density at radius 1 is 0.902 bits per heavy atom. The number of fused-ring (bicyclic) bond motifs is 2. The summed E-state index contributed by atoms with van der Waals surface area (Å²) in [5.41, 5.74) is 3.77. The van der Waals surface area contributed by atoms with Gasteiger partial charge in [0.05, 0.1) is 76.1 Å². The fourth-order valence-electron chi connectivity index (χ4n) is 6.42. The van der Waals surface area contributed by atoms with Crippen LogP contribution in [0.1, 0.15) is 18.4 Å². The molecule has 41 heavy (non-hydrogen) atoms. The van der Waals surface area contributed by atoms with E-state index in [-0.39, 0.29) is 0 Å². The quantitative estimate of drug-likeness (QED) is 0.244. The van der Waals surface area contributed by atoms with Gasteiger partial charge in [-0.1, -0.05) is 35.5 Å². The monoisotopic (exact) mass is 595 g/mol. The molecule has 8 heteroatoms. The Hall–Kier alpha value is -2.13. The van der Waals surface area contributed by atoms with E-state index >= 15 is 0 Å². The minimum absolute atomic E-state index is 0.784. The summed E-state index contributed by atoms with van der Waals surface area (Å²) in [6.45, 7) is 12.3. The standard InChI is InChI=1S/C33H44ClN4O2S/c1-37(17-21-39-22-18-37)15-5-12-35-14-11-27(29-10-9-28(34)26-31(29)35)25-33-36(30-7-3-4-8-32(30)41-33)13-6-16-38(2)19-23-40-24-20-38/h3-4,7-11,14,25-26H,5-6,12-13,15-24H2,1-2H3/q+3. The zero-order chi connectivity index (χ0) is 28.3. The zero-order valence-electron chi connectivity index (χ0n) is 24.6. The fourth-order valence-corrected chi connectivity index (χ4v) is 7.73. The van der Waals surface area contributed by atoms with E-state index < -0.39 is 0 Å². The summed E-state index contributed by atoms with van der Waals surface area (Å²) in [5, 5.41) is 3.33. The van der Waals surface area contributed by atoms with Gasteiger partial charge in [-0.05, 0) is 35.9 Å². The predicted octanol–water partition coefficient (Wildman–Crippen LogP) is 5.43. The van der Waals surface area contributed by atoms with Gasteiger partial charge >= 0.3 is 0 Å². The van der Waals surface area contributed by atoms with E-state index in [4.69, 9.17) is 21.1 Å². The number of ether oxygens (including phenoxy) is 2. The highest BCUT2D eigenvalue weighted by Gasteiger charge is 2.29. The Kier molecular flexibility index (Phi) is 8.92. The maximum absolute atomic E-state index is 6.54. The van der Waals surface area contributed by atoms with Crippen LogP contribution in [0.3, 0.4) is 0 Å². The van der Waals surface area contributed by atoms with Crippen LogP contribution in [-0.4, -0.2) is 95.3 Å². The number of thioether (sulfide) groups is 1. The molecule has 0 atom stereocenters. The molecule has 218 valence electrons.